The maximum absolute atomic E-state index is 5.16. The van der Waals surface area contributed by atoms with Gasteiger partial charge in [0.1, 0.15) is 0 Å². The number of nitrogens with zero attached hydrogens (tertiary/aromatic N) is 7. The number of hydrogen-bond donors (Lipinski definition) is 0. The van der Waals surface area contributed by atoms with Gasteiger partial charge in [0.15, 0.2) is 17.5 Å². The molecule has 5 heterocycles. The Kier molecular flexibility index (Phi) is 8.90. The van der Waals surface area contributed by atoms with Crippen LogP contribution >= 0.6 is 0 Å². The first kappa shape index (κ1) is 35.8. The highest BCUT2D eigenvalue weighted by Crippen LogP contribution is 2.37. The number of rotatable bonds is 7. The SMILES string of the molecule is Cc1ccc2ccc3c(-c4ccc(-c5cccc(-c6nc(-c7ccccc7)nc(-c7cccc(-c8cccc9cnccc89)c7)n6)c5)cc4)cc(-c4cccnc4)nc3c2n1. The number of fused-ring (bicyclic) bond motifs is 4. The largest absolute Gasteiger partial charge is 0.264 e. The van der Waals surface area contributed by atoms with Gasteiger partial charge in [0.25, 0.3) is 0 Å². The van der Waals surface area contributed by atoms with Gasteiger partial charge in [-0.15, -0.1) is 0 Å². The van der Waals surface area contributed by atoms with Crippen molar-refractivity contribution in [2.45, 2.75) is 6.92 Å². The lowest BCUT2D eigenvalue weighted by Gasteiger charge is -2.13. The lowest BCUT2D eigenvalue weighted by molar-refractivity contribution is 1.07. The molecule has 5 aromatic heterocycles. The Balaban J connectivity index is 0.986. The molecule has 7 nitrogen and oxygen atoms in total. The van der Waals surface area contributed by atoms with E-state index >= 15 is 0 Å². The van der Waals surface area contributed by atoms with E-state index in [1.807, 2.05) is 74.0 Å². The van der Waals surface area contributed by atoms with Gasteiger partial charge in [-0.05, 0) is 88.2 Å². The van der Waals surface area contributed by atoms with E-state index in [2.05, 4.69) is 131 Å². The Morgan fingerprint density at radius 2 is 0.984 bits per heavy atom. The summed E-state index contributed by atoms with van der Waals surface area (Å²) in [6.45, 7) is 2.02. The minimum Gasteiger partial charge on any atom is -0.264 e. The molecule has 0 aliphatic rings. The van der Waals surface area contributed by atoms with Gasteiger partial charge in [-0.2, -0.15) is 0 Å². The van der Waals surface area contributed by atoms with Gasteiger partial charge in [-0.25, -0.2) is 19.9 Å². The number of hydrogen-bond acceptors (Lipinski definition) is 7. The molecule has 0 fully saturated rings. The predicted octanol–water partition coefficient (Wildman–Crippen LogP) is 12.9. The molecule has 0 spiro atoms. The van der Waals surface area contributed by atoms with E-state index in [9.17, 15) is 0 Å². The summed E-state index contributed by atoms with van der Waals surface area (Å²) in [7, 11) is 0. The maximum atomic E-state index is 5.16. The van der Waals surface area contributed by atoms with E-state index in [0.29, 0.717) is 17.5 Å². The Morgan fingerprint density at radius 1 is 0.328 bits per heavy atom. The summed E-state index contributed by atoms with van der Waals surface area (Å²) in [4.78, 5) is 34.0. The Bertz CT molecular complexity index is 3420. The average Bonchev–Trinajstić information content (AvgIpc) is 3.34. The molecule has 0 aliphatic carbocycles. The van der Waals surface area contributed by atoms with Crippen LogP contribution in [0.3, 0.4) is 0 Å². The molecule has 6 aromatic carbocycles. The molecule has 11 rings (SSSR count). The number of aryl methyl sites for hydroxylation is 1. The first-order valence-corrected chi connectivity index (χ1v) is 20.2. The molecule has 0 saturated carbocycles. The third-order valence-electron chi connectivity index (χ3n) is 11.2. The smallest absolute Gasteiger partial charge is 0.164 e. The van der Waals surface area contributed by atoms with Crippen LogP contribution in [-0.4, -0.2) is 34.9 Å². The fourth-order valence-corrected chi connectivity index (χ4v) is 8.10. The summed E-state index contributed by atoms with van der Waals surface area (Å²) < 4.78 is 0. The highest BCUT2D eigenvalue weighted by atomic mass is 15.0. The highest BCUT2D eigenvalue weighted by Gasteiger charge is 2.16. The van der Waals surface area contributed by atoms with Gasteiger partial charge < -0.3 is 0 Å². The van der Waals surface area contributed by atoms with E-state index in [1.54, 1.807) is 6.20 Å². The third kappa shape index (κ3) is 6.84. The predicted molar refractivity (Wildman–Crippen MR) is 246 cm³/mol. The average molecular weight is 782 g/mol. The fraction of sp³-hybridized carbons (Fsp3) is 0.0185. The van der Waals surface area contributed by atoms with Crippen LogP contribution in [0, 0.1) is 6.92 Å². The lowest BCUT2D eigenvalue weighted by atomic mass is 9.95. The van der Waals surface area contributed by atoms with Crippen LogP contribution < -0.4 is 0 Å². The van der Waals surface area contributed by atoms with Crippen molar-refractivity contribution in [3.63, 3.8) is 0 Å². The Labute approximate surface area is 352 Å². The van der Waals surface area contributed by atoms with Gasteiger partial charge in [0.2, 0.25) is 0 Å². The molecule has 0 radical (unpaired) electrons. The normalized spacial score (nSPS) is 11.4. The molecular formula is C54H35N7. The second-order valence-corrected chi connectivity index (χ2v) is 15.1. The second kappa shape index (κ2) is 15.1. The highest BCUT2D eigenvalue weighted by molar-refractivity contribution is 6.09. The summed E-state index contributed by atoms with van der Waals surface area (Å²) >= 11 is 0. The first-order valence-electron chi connectivity index (χ1n) is 20.2. The van der Waals surface area contributed by atoms with E-state index in [-0.39, 0.29) is 0 Å². The molecular weight excluding hydrogens is 747 g/mol. The topological polar surface area (TPSA) is 90.2 Å². The first-order chi connectivity index (χ1) is 30.1. The van der Waals surface area contributed by atoms with Crippen molar-refractivity contribution in [3.05, 3.63) is 200 Å². The van der Waals surface area contributed by atoms with Gasteiger partial charge in [-0.3, -0.25) is 15.0 Å². The molecule has 0 aliphatic heterocycles. The van der Waals surface area contributed by atoms with Crippen LogP contribution in [0.25, 0.3) is 111 Å². The van der Waals surface area contributed by atoms with Crippen LogP contribution in [0.5, 0.6) is 0 Å². The molecule has 0 bridgehead atoms. The summed E-state index contributed by atoms with van der Waals surface area (Å²) in [6.07, 6.45) is 7.38. The van der Waals surface area contributed by atoms with Gasteiger partial charge in [0, 0.05) is 68.9 Å². The van der Waals surface area contributed by atoms with E-state index in [1.165, 1.54) is 0 Å². The van der Waals surface area contributed by atoms with Crippen LogP contribution in [0.4, 0.5) is 0 Å². The zero-order valence-electron chi connectivity index (χ0n) is 33.1. The minimum atomic E-state index is 0.603. The van der Waals surface area contributed by atoms with Crippen LogP contribution in [-0.2, 0) is 0 Å². The fourth-order valence-electron chi connectivity index (χ4n) is 8.10. The molecule has 286 valence electrons. The second-order valence-electron chi connectivity index (χ2n) is 15.1. The van der Waals surface area contributed by atoms with Crippen molar-refractivity contribution in [3.8, 4) is 78.8 Å². The summed E-state index contributed by atoms with van der Waals surface area (Å²) in [6, 6.07) is 58.6. The lowest BCUT2D eigenvalue weighted by Crippen LogP contribution is -2.00. The van der Waals surface area contributed by atoms with Crippen molar-refractivity contribution < 1.29 is 0 Å². The van der Waals surface area contributed by atoms with Crippen molar-refractivity contribution in [1.29, 1.82) is 0 Å². The van der Waals surface area contributed by atoms with Gasteiger partial charge in [0.05, 0.1) is 16.7 Å². The number of benzene rings is 6. The zero-order valence-corrected chi connectivity index (χ0v) is 33.1. The molecule has 61 heavy (non-hydrogen) atoms. The van der Waals surface area contributed by atoms with Crippen molar-refractivity contribution in [2.75, 3.05) is 0 Å². The molecule has 0 amide bonds. The molecule has 0 atom stereocenters. The van der Waals surface area contributed by atoms with Crippen LogP contribution in [0.1, 0.15) is 5.69 Å². The third-order valence-corrected chi connectivity index (χ3v) is 11.2. The summed E-state index contributed by atoms with van der Waals surface area (Å²) in [5.74, 6) is 1.83. The maximum Gasteiger partial charge on any atom is 0.164 e. The van der Waals surface area contributed by atoms with E-state index < -0.39 is 0 Å². The van der Waals surface area contributed by atoms with Gasteiger partial charge in [-0.1, -0.05) is 127 Å². The van der Waals surface area contributed by atoms with Crippen molar-refractivity contribution >= 4 is 32.6 Å². The van der Waals surface area contributed by atoms with Crippen molar-refractivity contribution in [2.24, 2.45) is 0 Å². The minimum absolute atomic E-state index is 0.603. The number of pyridine rings is 4. The van der Waals surface area contributed by atoms with Gasteiger partial charge >= 0.3 is 0 Å². The van der Waals surface area contributed by atoms with Crippen LogP contribution in [0.15, 0.2) is 195 Å². The zero-order chi connectivity index (χ0) is 40.7. The molecule has 0 saturated heterocycles. The monoisotopic (exact) mass is 781 g/mol. The Hall–Kier alpha value is -8.29. The summed E-state index contributed by atoms with van der Waals surface area (Å²) in [5.41, 5.74) is 13.8. The van der Waals surface area contributed by atoms with Crippen LogP contribution in [0.2, 0.25) is 0 Å². The standard InChI is InChI=1S/C54H35N7/c1-34-18-19-37-24-25-47-48(31-49(44-16-8-27-55-33-44)58-51(47)50(37)57-34)36-22-20-35(21-23-36)39-11-5-13-41(29-39)53-59-52(38-9-3-2-4-10-38)60-54(61-53)42-14-6-12-40(30-42)45-17-7-15-43-32-56-28-26-46(43)45/h2-33H,1H3. The number of aromatic nitrogens is 7. The molecule has 0 unspecified atom stereocenters. The quantitative estimate of drug-likeness (QED) is 0.149. The van der Waals surface area contributed by atoms with Crippen molar-refractivity contribution in [1.82, 2.24) is 34.9 Å². The molecule has 7 heteroatoms. The Morgan fingerprint density at radius 3 is 1.77 bits per heavy atom. The summed E-state index contributed by atoms with van der Waals surface area (Å²) in [5, 5.41) is 4.35. The molecule has 0 N–H and O–H groups in total. The van der Waals surface area contributed by atoms with E-state index in [0.717, 1.165) is 99.6 Å². The van der Waals surface area contributed by atoms with E-state index in [4.69, 9.17) is 24.9 Å². The molecule has 11 aromatic rings.